The number of rotatable bonds is 1. The number of hydrogen-bond donors (Lipinski definition) is 0. The first kappa shape index (κ1) is 8.21. The van der Waals surface area contributed by atoms with Gasteiger partial charge in [-0.1, -0.05) is 11.6 Å². The predicted octanol–water partition coefficient (Wildman–Crippen LogP) is 2.48. The monoisotopic (exact) mass is 171 g/mol. The van der Waals surface area contributed by atoms with Crippen LogP contribution in [0.4, 0.5) is 4.39 Å². The molecule has 0 aliphatic rings. The quantitative estimate of drug-likeness (QED) is 0.594. The van der Waals surface area contributed by atoms with Gasteiger partial charge in [-0.25, -0.2) is 4.39 Å². The van der Waals surface area contributed by atoms with Crippen LogP contribution in [0, 0.1) is 11.9 Å². The van der Waals surface area contributed by atoms with Crippen LogP contribution in [0.15, 0.2) is 12.1 Å². The van der Waals surface area contributed by atoms with Crippen molar-refractivity contribution in [3.05, 3.63) is 34.6 Å². The SMILES string of the molecule is CC(=O)c1c[c]cc(F)c1Cl. The van der Waals surface area contributed by atoms with E-state index in [0.29, 0.717) is 0 Å². The summed E-state index contributed by atoms with van der Waals surface area (Å²) in [5, 5.41) is -0.128. The summed E-state index contributed by atoms with van der Waals surface area (Å²) >= 11 is 5.47. The zero-order valence-electron chi connectivity index (χ0n) is 5.82. The summed E-state index contributed by atoms with van der Waals surface area (Å²) in [5.41, 5.74) is 0.173. The number of carbonyl (C=O) groups excluding carboxylic acids is 1. The van der Waals surface area contributed by atoms with Crippen LogP contribution in [0.1, 0.15) is 17.3 Å². The zero-order valence-corrected chi connectivity index (χ0v) is 6.57. The van der Waals surface area contributed by atoms with Gasteiger partial charge < -0.3 is 0 Å². The second-order valence-corrected chi connectivity index (χ2v) is 2.47. The molecule has 0 heterocycles. The third-order valence-corrected chi connectivity index (χ3v) is 1.65. The van der Waals surface area contributed by atoms with Gasteiger partial charge in [-0.05, 0) is 25.1 Å². The van der Waals surface area contributed by atoms with Gasteiger partial charge in [0.25, 0.3) is 0 Å². The van der Waals surface area contributed by atoms with Crippen molar-refractivity contribution in [2.75, 3.05) is 0 Å². The second-order valence-electron chi connectivity index (χ2n) is 2.09. The van der Waals surface area contributed by atoms with Crippen LogP contribution >= 0.6 is 11.6 Å². The molecule has 0 aliphatic heterocycles. The summed E-state index contributed by atoms with van der Waals surface area (Å²) in [7, 11) is 0. The van der Waals surface area contributed by atoms with E-state index in [4.69, 9.17) is 11.6 Å². The first-order valence-corrected chi connectivity index (χ1v) is 3.36. The Morgan fingerprint density at radius 1 is 1.64 bits per heavy atom. The molecule has 0 N–H and O–H groups in total. The Kier molecular flexibility index (Phi) is 2.25. The molecule has 0 atom stereocenters. The minimum absolute atomic E-state index is 0.128. The van der Waals surface area contributed by atoms with Gasteiger partial charge in [0, 0.05) is 5.56 Å². The van der Waals surface area contributed by atoms with Crippen molar-refractivity contribution < 1.29 is 9.18 Å². The maximum atomic E-state index is 12.6. The van der Waals surface area contributed by atoms with E-state index in [-0.39, 0.29) is 16.4 Å². The van der Waals surface area contributed by atoms with Crippen molar-refractivity contribution in [1.82, 2.24) is 0 Å². The highest BCUT2D eigenvalue weighted by Gasteiger charge is 2.08. The molecule has 11 heavy (non-hydrogen) atoms. The summed E-state index contributed by atoms with van der Waals surface area (Å²) in [4.78, 5) is 10.7. The lowest BCUT2D eigenvalue weighted by Crippen LogP contribution is -1.94. The molecule has 0 unspecified atom stereocenters. The van der Waals surface area contributed by atoms with Crippen LogP contribution in [-0.4, -0.2) is 5.78 Å². The average Bonchev–Trinajstić information content (AvgIpc) is 1.94. The second kappa shape index (κ2) is 3.01. The highest BCUT2D eigenvalue weighted by atomic mass is 35.5. The fourth-order valence-corrected chi connectivity index (χ4v) is 0.952. The Balaban J connectivity index is 3.27. The van der Waals surface area contributed by atoms with Gasteiger partial charge in [0.15, 0.2) is 5.78 Å². The van der Waals surface area contributed by atoms with Gasteiger partial charge >= 0.3 is 0 Å². The van der Waals surface area contributed by atoms with Gasteiger partial charge in [0.2, 0.25) is 0 Å². The molecule has 0 fully saturated rings. The molecule has 0 saturated carbocycles. The van der Waals surface area contributed by atoms with Crippen molar-refractivity contribution >= 4 is 17.4 Å². The molecule has 0 bridgehead atoms. The molecule has 3 heteroatoms. The highest BCUT2D eigenvalue weighted by molar-refractivity contribution is 6.33. The average molecular weight is 172 g/mol. The highest BCUT2D eigenvalue weighted by Crippen LogP contribution is 2.19. The van der Waals surface area contributed by atoms with Crippen molar-refractivity contribution in [2.24, 2.45) is 0 Å². The van der Waals surface area contributed by atoms with Crippen molar-refractivity contribution in [3.8, 4) is 0 Å². The topological polar surface area (TPSA) is 17.1 Å². The van der Waals surface area contributed by atoms with E-state index in [1.54, 1.807) is 0 Å². The van der Waals surface area contributed by atoms with Crippen LogP contribution in [0.3, 0.4) is 0 Å². The number of ketones is 1. The maximum Gasteiger partial charge on any atom is 0.161 e. The molecule has 1 radical (unpaired) electrons. The van der Waals surface area contributed by atoms with Crippen LogP contribution in [0.5, 0.6) is 0 Å². The summed E-state index contributed by atoms with van der Waals surface area (Å²) in [6.07, 6.45) is 0. The zero-order chi connectivity index (χ0) is 8.43. The molecule has 1 rings (SSSR count). The van der Waals surface area contributed by atoms with E-state index >= 15 is 0 Å². The van der Waals surface area contributed by atoms with E-state index in [1.807, 2.05) is 0 Å². The molecule has 0 aliphatic carbocycles. The summed E-state index contributed by atoms with van der Waals surface area (Å²) in [6.45, 7) is 1.33. The third kappa shape index (κ3) is 1.57. The largest absolute Gasteiger partial charge is 0.294 e. The standard InChI is InChI=1S/C8H5ClFO/c1-5(11)6-3-2-4-7(10)8(6)9/h3-4H,1H3. The molecular formula is C8H5ClFO. The van der Waals surface area contributed by atoms with Crippen LogP contribution in [-0.2, 0) is 0 Å². The lowest BCUT2D eigenvalue weighted by atomic mass is 10.1. The van der Waals surface area contributed by atoms with E-state index in [9.17, 15) is 9.18 Å². The molecule has 0 aromatic heterocycles. The summed E-state index contributed by atoms with van der Waals surface area (Å²) in [6, 6.07) is 4.93. The van der Waals surface area contributed by atoms with Gasteiger partial charge in [-0.2, -0.15) is 0 Å². The Morgan fingerprint density at radius 3 is 2.73 bits per heavy atom. The molecule has 57 valence electrons. The molecule has 1 aromatic carbocycles. The Labute approximate surface area is 68.8 Å². The van der Waals surface area contributed by atoms with E-state index in [2.05, 4.69) is 6.07 Å². The lowest BCUT2D eigenvalue weighted by Gasteiger charge is -1.98. The number of hydrogen-bond acceptors (Lipinski definition) is 1. The van der Waals surface area contributed by atoms with Crippen LogP contribution in [0.25, 0.3) is 0 Å². The third-order valence-electron chi connectivity index (χ3n) is 1.26. The number of carbonyl (C=O) groups is 1. The van der Waals surface area contributed by atoms with Gasteiger partial charge in [0.05, 0.1) is 5.02 Å². The minimum Gasteiger partial charge on any atom is -0.294 e. The Bertz CT molecular complexity index is 296. The van der Waals surface area contributed by atoms with Crippen molar-refractivity contribution in [3.63, 3.8) is 0 Å². The fraction of sp³-hybridized carbons (Fsp3) is 0.125. The molecule has 0 saturated heterocycles. The Morgan fingerprint density at radius 2 is 2.27 bits per heavy atom. The molecular weight excluding hydrogens is 167 g/mol. The summed E-state index contributed by atoms with van der Waals surface area (Å²) in [5.74, 6) is -0.870. The Hall–Kier alpha value is -0.890. The predicted molar refractivity (Wildman–Crippen MR) is 40.3 cm³/mol. The van der Waals surface area contributed by atoms with E-state index in [1.165, 1.54) is 13.0 Å². The molecule has 1 aromatic rings. The normalized spacial score (nSPS) is 9.73. The van der Waals surface area contributed by atoms with Crippen molar-refractivity contribution in [1.29, 1.82) is 0 Å². The van der Waals surface area contributed by atoms with E-state index in [0.717, 1.165) is 6.07 Å². The van der Waals surface area contributed by atoms with Gasteiger partial charge in [-0.15, -0.1) is 0 Å². The minimum atomic E-state index is -0.612. The number of halogens is 2. The first-order valence-electron chi connectivity index (χ1n) is 2.99. The summed E-state index contributed by atoms with van der Waals surface area (Å²) < 4.78 is 12.6. The fourth-order valence-electron chi connectivity index (χ4n) is 0.710. The molecule has 1 nitrogen and oxygen atoms in total. The van der Waals surface area contributed by atoms with Crippen LogP contribution < -0.4 is 0 Å². The lowest BCUT2D eigenvalue weighted by molar-refractivity contribution is 0.101. The first-order chi connectivity index (χ1) is 5.13. The van der Waals surface area contributed by atoms with Crippen LogP contribution in [0.2, 0.25) is 5.02 Å². The van der Waals surface area contributed by atoms with Crippen molar-refractivity contribution in [2.45, 2.75) is 6.92 Å². The number of Topliss-reactive ketones (excluding diaryl/α,β-unsaturated/α-hetero) is 1. The van der Waals surface area contributed by atoms with E-state index < -0.39 is 5.82 Å². The maximum absolute atomic E-state index is 12.6. The van der Waals surface area contributed by atoms with Gasteiger partial charge in [-0.3, -0.25) is 4.79 Å². The molecule has 0 amide bonds. The molecule has 0 spiro atoms. The van der Waals surface area contributed by atoms with Gasteiger partial charge in [0.1, 0.15) is 5.82 Å². The number of benzene rings is 1. The smallest absolute Gasteiger partial charge is 0.161 e.